The van der Waals surface area contributed by atoms with Crippen molar-refractivity contribution in [2.75, 3.05) is 13.1 Å². The number of urea groups is 1. The van der Waals surface area contributed by atoms with E-state index >= 15 is 0 Å². The summed E-state index contributed by atoms with van der Waals surface area (Å²) in [5.74, 6) is -0.197. The number of thiophene rings is 1. The number of nitrogens with zero attached hydrogens (tertiary/aromatic N) is 1. The predicted octanol–water partition coefficient (Wildman–Crippen LogP) is 2.37. The van der Waals surface area contributed by atoms with Gasteiger partial charge in [0, 0.05) is 18.0 Å². The molecule has 3 rings (SSSR count). The van der Waals surface area contributed by atoms with Gasteiger partial charge >= 0.3 is 6.03 Å². The summed E-state index contributed by atoms with van der Waals surface area (Å²) in [5, 5.41) is 8.05. The highest BCUT2D eigenvalue weighted by Gasteiger charge is 2.31. The van der Waals surface area contributed by atoms with Crippen molar-refractivity contribution in [1.82, 2.24) is 15.5 Å². The van der Waals surface area contributed by atoms with Crippen LogP contribution in [0.2, 0.25) is 0 Å². The summed E-state index contributed by atoms with van der Waals surface area (Å²) < 4.78 is 0. The molecule has 2 N–H and O–H groups in total. The first kappa shape index (κ1) is 15.7. The molecule has 0 radical (unpaired) electrons. The van der Waals surface area contributed by atoms with Crippen LogP contribution in [0.4, 0.5) is 4.79 Å². The third kappa shape index (κ3) is 3.43. The predicted molar refractivity (Wildman–Crippen MR) is 90.3 cm³/mol. The van der Waals surface area contributed by atoms with Crippen molar-refractivity contribution in [2.45, 2.75) is 19.0 Å². The molecule has 1 aromatic carbocycles. The monoisotopic (exact) mass is 329 g/mol. The minimum atomic E-state index is -0.453. The van der Waals surface area contributed by atoms with Crippen LogP contribution >= 0.6 is 11.3 Å². The van der Waals surface area contributed by atoms with E-state index in [0.717, 1.165) is 10.4 Å². The van der Waals surface area contributed by atoms with E-state index < -0.39 is 6.04 Å². The van der Waals surface area contributed by atoms with Gasteiger partial charge in [0.1, 0.15) is 0 Å². The molecule has 1 saturated heterocycles. The van der Waals surface area contributed by atoms with Crippen molar-refractivity contribution >= 4 is 23.3 Å². The molecule has 1 fully saturated rings. The summed E-state index contributed by atoms with van der Waals surface area (Å²) in [4.78, 5) is 26.6. The average Bonchev–Trinajstić information content (AvgIpc) is 3.24. The molecular weight excluding hydrogens is 310 g/mol. The molecule has 2 aromatic rings. The number of benzene rings is 1. The Morgan fingerprint density at radius 3 is 2.65 bits per heavy atom. The Bertz CT molecular complexity index is 672. The molecule has 0 spiro atoms. The molecular formula is C17H19N3O2S. The average molecular weight is 329 g/mol. The number of carbonyl (C=O) groups is 2. The van der Waals surface area contributed by atoms with Crippen LogP contribution in [0.3, 0.4) is 0 Å². The Kier molecular flexibility index (Phi) is 4.73. The molecule has 23 heavy (non-hydrogen) atoms. The molecule has 1 aliphatic heterocycles. The van der Waals surface area contributed by atoms with Gasteiger partial charge in [-0.15, -0.1) is 11.3 Å². The standard InChI is InChI=1S/C17H19N3O2S/c1-12(16(21)20-10-9-18-17(20)22)19-15(14-8-5-11-23-14)13-6-3-2-4-7-13/h2-8,11-12,15,19H,9-10H2,1H3,(H,18,22)/t12-,15+/m0/s1. The van der Waals surface area contributed by atoms with Crippen LogP contribution in [0.5, 0.6) is 0 Å². The zero-order valence-electron chi connectivity index (χ0n) is 12.9. The highest BCUT2D eigenvalue weighted by molar-refractivity contribution is 7.10. The van der Waals surface area contributed by atoms with Crippen LogP contribution in [-0.4, -0.2) is 36.0 Å². The van der Waals surface area contributed by atoms with Gasteiger partial charge in [-0.25, -0.2) is 4.79 Å². The fourth-order valence-electron chi connectivity index (χ4n) is 2.68. The Balaban J connectivity index is 1.79. The van der Waals surface area contributed by atoms with Crippen LogP contribution in [0, 0.1) is 0 Å². The molecule has 0 bridgehead atoms. The maximum atomic E-state index is 12.5. The van der Waals surface area contributed by atoms with Gasteiger partial charge in [0.05, 0.1) is 12.1 Å². The van der Waals surface area contributed by atoms with Crippen molar-refractivity contribution < 1.29 is 9.59 Å². The van der Waals surface area contributed by atoms with Gasteiger partial charge in [-0.05, 0) is 23.9 Å². The van der Waals surface area contributed by atoms with E-state index in [4.69, 9.17) is 0 Å². The summed E-state index contributed by atoms with van der Waals surface area (Å²) in [6, 6.07) is 13.2. The van der Waals surface area contributed by atoms with Crippen LogP contribution in [0.15, 0.2) is 47.8 Å². The second-order valence-corrected chi connectivity index (χ2v) is 6.45. The molecule has 0 aliphatic carbocycles. The second kappa shape index (κ2) is 6.93. The zero-order valence-corrected chi connectivity index (χ0v) is 13.7. The van der Waals surface area contributed by atoms with Gasteiger partial charge in [-0.3, -0.25) is 15.0 Å². The molecule has 3 amide bonds. The normalized spacial score (nSPS) is 16.9. The largest absolute Gasteiger partial charge is 0.336 e. The minimum Gasteiger partial charge on any atom is -0.336 e. The van der Waals surface area contributed by atoms with Crippen molar-refractivity contribution in [3.63, 3.8) is 0 Å². The van der Waals surface area contributed by atoms with E-state index in [2.05, 4.69) is 16.7 Å². The highest BCUT2D eigenvalue weighted by atomic mass is 32.1. The van der Waals surface area contributed by atoms with E-state index in [9.17, 15) is 9.59 Å². The summed E-state index contributed by atoms with van der Waals surface area (Å²) in [6.07, 6.45) is 0. The third-order valence-electron chi connectivity index (χ3n) is 3.87. The molecule has 1 aromatic heterocycles. The van der Waals surface area contributed by atoms with E-state index in [1.165, 1.54) is 4.90 Å². The molecule has 6 heteroatoms. The molecule has 5 nitrogen and oxygen atoms in total. The maximum absolute atomic E-state index is 12.5. The highest BCUT2D eigenvalue weighted by Crippen LogP contribution is 2.26. The van der Waals surface area contributed by atoms with Crippen molar-refractivity contribution in [2.24, 2.45) is 0 Å². The van der Waals surface area contributed by atoms with Gasteiger partial charge in [-0.2, -0.15) is 0 Å². The minimum absolute atomic E-state index is 0.0687. The number of rotatable bonds is 5. The Labute approximate surface area is 139 Å². The maximum Gasteiger partial charge on any atom is 0.324 e. The SMILES string of the molecule is C[C@H](N[C@H](c1ccccc1)c1cccs1)C(=O)N1CCNC1=O. The summed E-state index contributed by atoms with van der Waals surface area (Å²) in [6.45, 7) is 2.75. The quantitative estimate of drug-likeness (QED) is 0.885. The first-order chi connectivity index (χ1) is 11.2. The fourth-order valence-corrected chi connectivity index (χ4v) is 3.49. The first-order valence-corrected chi connectivity index (χ1v) is 8.48. The van der Waals surface area contributed by atoms with Crippen LogP contribution < -0.4 is 10.6 Å². The first-order valence-electron chi connectivity index (χ1n) is 7.60. The Morgan fingerprint density at radius 1 is 1.26 bits per heavy atom. The molecule has 0 unspecified atom stereocenters. The van der Waals surface area contributed by atoms with Gasteiger partial charge in [0.15, 0.2) is 0 Å². The number of nitrogens with one attached hydrogen (secondary N) is 2. The number of imide groups is 1. The number of carbonyl (C=O) groups excluding carboxylic acids is 2. The smallest absolute Gasteiger partial charge is 0.324 e. The summed E-state index contributed by atoms with van der Waals surface area (Å²) >= 11 is 1.65. The Morgan fingerprint density at radius 2 is 2.04 bits per heavy atom. The van der Waals surface area contributed by atoms with Gasteiger partial charge in [-0.1, -0.05) is 36.4 Å². The van der Waals surface area contributed by atoms with E-state index in [0.29, 0.717) is 13.1 Å². The molecule has 2 heterocycles. The fraction of sp³-hybridized carbons (Fsp3) is 0.294. The summed E-state index contributed by atoms with van der Waals surface area (Å²) in [5.41, 5.74) is 1.10. The number of hydrogen-bond donors (Lipinski definition) is 2. The molecule has 0 saturated carbocycles. The Hall–Kier alpha value is -2.18. The van der Waals surface area contributed by atoms with Crippen LogP contribution in [0.25, 0.3) is 0 Å². The van der Waals surface area contributed by atoms with Crippen molar-refractivity contribution in [3.05, 3.63) is 58.3 Å². The van der Waals surface area contributed by atoms with Crippen LogP contribution in [-0.2, 0) is 4.79 Å². The van der Waals surface area contributed by atoms with Gasteiger partial charge in [0.2, 0.25) is 5.91 Å². The molecule has 2 atom stereocenters. The summed E-state index contributed by atoms with van der Waals surface area (Å²) in [7, 11) is 0. The lowest BCUT2D eigenvalue weighted by atomic mass is 10.0. The zero-order chi connectivity index (χ0) is 16.2. The lowest BCUT2D eigenvalue weighted by Gasteiger charge is -2.24. The van der Waals surface area contributed by atoms with Crippen molar-refractivity contribution in [1.29, 1.82) is 0 Å². The number of amides is 3. The van der Waals surface area contributed by atoms with Crippen LogP contribution in [0.1, 0.15) is 23.4 Å². The lowest BCUT2D eigenvalue weighted by Crippen LogP contribution is -2.47. The molecule has 120 valence electrons. The second-order valence-electron chi connectivity index (χ2n) is 5.47. The third-order valence-corrected chi connectivity index (χ3v) is 4.81. The van der Waals surface area contributed by atoms with Gasteiger partial charge in [0.25, 0.3) is 0 Å². The number of hydrogen-bond acceptors (Lipinski definition) is 4. The van der Waals surface area contributed by atoms with E-state index in [-0.39, 0.29) is 18.0 Å². The van der Waals surface area contributed by atoms with Crippen molar-refractivity contribution in [3.8, 4) is 0 Å². The van der Waals surface area contributed by atoms with E-state index in [1.54, 1.807) is 18.3 Å². The lowest BCUT2D eigenvalue weighted by molar-refractivity contribution is -0.129. The topological polar surface area (TPSA) is 61.4 Å². The molecule has 1 aliphatic rings. The van der Waals surface area contributed by atoms with E-state index in [1.807, 2.05) is 41.8 Å². The van der Waals surface area contributed by atoms with Gasteiger partial charge < -0.3 is 5.32 Å².